The Bertz CT molecular complexity index is 677. The van der Waals surface area contributed by atoms with Gasteiger partial charge in [0.2, 0.25) is 0 Å². The number of nitrogens with zero attached hydrogens (tertiary/aromatic N) is 2. The number of aryl methyl sites for hydroxylation is 1. The number of aromatic nitrogens is 2. The van der Waals surface area contributed by atoms with Crippen LogP contribution >= 0.6 is 11.3 Å². The van der Waals surface area contributed by atoms with E-state index in [-0.39, 0.29) is 0 Å². The van der Waals surface area contributed by atoms with E-state index in [9.17, 15) is 0 Å². The van der Waals surface area contributed by atoms with Gasteiger partial charge in [0.25, 0.3) is 0 Å². The molecule has 0 spiro atoms. The maximum Gasteiger partial charge on any atom is 0.140 e. The average Bonchev–Trinajstić information content (AvgIpc) is 2.97. The fourth-order valence-corrected chi connectivity index (χ4v) is 2.53. The molecule has 3 nitrogen and oxygen atoms in total. The predicted molar refractivity (Wildman–Crippen MR) is 80.9 cm³/mol. The molecule has 3 aromatic rings. The van der Waals surface area contributed by atoms with Gasteiger partial charge in [-0.3, -0.25) is 4.98 Å². The third kappa shape index (κ3) is 3.03. The standard InChI is InChI=1S/C16H14N2OS/c1-12-2-4-14(5-3-12)19-10-16-18-15(11-20-16)13-6-8-17-9-7-13/h2-9,11H,10H2,1H3. The Balaban J connectivity index is 1.67. The van der Waals surface area contributed by atoms with E-state index in [1.165, 1.54) is 5.56 Å². The topological polar surface area (TPSA) is 35.0 Å². The molecular weight excluding hydrogens is 268 g/mol. The molecule has 0 atom stereocenters. The number of benzene rings is 1. The minimum atomic E-state index is 0.499. The van der Waals surface area contributed by atoms with Gasteiger partial charge in [-0.25, -0.2) is 4.98 Å². The highest BCUT2D eigenvalue weighted by molar-refractivity contribution is 7.09. The van der Waals surface area contributed by atoms with E-state index in [4.69, 9.17) is 4.74 Å². The minimum absolute atomic E-state index is 0.499. The van der Waals surface area contributed by atoms with E-state index < -0.39 is 0 Å². The normalized spacial score (nSPS) is 10.4. The van der Waals surface area contributed by atoms with Crippen molar-refractivity contribution in [2.24, 2.45) is 0 Å². The summed E-state index contributed by atoms with van der Waals surface area (Å²) in [7, 11) is 0. The third-order valence-corrected chi connectivity index (χ3v) is 3.73. The van der Waals surface area contributed by atoms with Crippen LogP contribution in [0.1, 0.15) is 10.6 Å². The Kier molecular flexibility index (Phi) is 3.74. The van der Waals surface area contributed by atoms with Gasteiger partial charge in [0.1, 0.15) is 17.4 Å². The zero-order chi connectivity index (χ0) is 13.8. The summed E-state index contributed by atoms with van der Waals surface area (Å²) in [6.07, 6.45) is 3.55. The van der Waals surface area contributed by atoms with Gasteiger partial charge < -0.3 is 4.74 Å². The molecule has 0 aliphatic heterocycles. The Morgan fingerprint density at radius 3 is 2.55 bits per heavy atom. The summed E-state index contributed by atoms with van der Waals surface area (Å²) in [5, 5.41) is 3.01. The lowest BCUT2D eigenvalue weighted by molar-refractivity contribution is 0.305. The lowest BCUT2D eigenvalue weighted by Crippen LogP contribution is -1.94. The van der Waals surface area contributed by atoms with Crippen molar-refractivity contribution >= 4 is 11.3 Å². The molecule has 2 heterocycles. The molecule has 0 bridgehead atoms. The molecule has 0 saturated heterocycles. The first-order valence-corrected chi connectivity index (χ1v) is 7.23. The predicted octanol–water partition coefficient (Wildman–Crippen LogP) is 4.09. The van der Waals surface area contributed by atoms with Gasteiger partial charge in [-0.1, -0.05) is 17.7 Å². The Morgan fingerprint density at radius 2 is 1.80 bits per heavy atom. The smallest absolute Gasteiger partial charge is 0.140 e. The number of hydrogen-bond donors (Lipinski definition) is 0. The van der Waals surface area contributed by atoms with Gasteiger partial charge in [-0.05, 0) is 31.2 Å². The van der Waals surface area contributed by atoms with E-state index >= 15 is 0 Å². The van der Waals surface area contributed by atoms with Crippen molar-refractivity contribution in [3.63, 3.8) is 0 Å². The summed E-state index contributed by atoms with van der Waals surface area (Å²) in [5.41, 5.74) is 3.28. The zero-order valence-corrected chi connectivity index (χ0v) is 11.9. The van der Waals surface area contributed by atoms with E-state index in [0.717, 1.165) is 22.0 Å². The monoisotopic (exact) mass is 282 g/mol. The van der Waals surface area contributed by atoms with Crippen LogP contribution < -0.4 is 4.74 Å². The maximum atomic E-state index is 5.73. The number of rotatable bonds is 4. The lowest BCUT2D eigenvalue weighted by Gasteiger charge is -2.03. The van der Waals surface area contributed by atoms with Crippen molar-refractivity contribution < 1.29 is 4.74 Å². The van der Waals surface area contributed by atoms with Gasteiger partial charge in [0.15, 0.2) is 0 Å². The Morgan fingerprint density at radius 1 is 1.05 bits per heavy atom. The van der Waals surface area contributed by atoms with E-state index in [0.29, 0.717) is 6.61 Å². The van der Waals surface area contributed by atoms with Crippen LogP contribution in [0.15, 0.2) is 54.2 Å². The molecule has 0 fully saturated rings. The summed E-state index contributed by atoms with van der Waals surface area (Å²) in [6, 6.07) is 12.0. The summed E-state index contributed by atoms with van der Waals surface area (Å²) < 4.78 is 5.73. The van der Waals surface area contributed by atoms with Crippen LogP contribution in [-0.4, -0.2) is 9.97 Å². The van der Waals surface area contributed by atoms with Crippen LogP contribution in [0.25, 0.3) is 11.3 Å². The molecular formula is C16H14N2OS. The first-order valence-electron chi connectivity index (χ1n) is 6.35. The number of pyridine rings is 1. The van der Waals surface area contributed by atoms with Gasteiger partial charge in [0.05, 0.1) is 5.69 Å². The van der Waals surface area contributed by atoms with E-state index in [2.05, 4.69) is 16.9 Å². The fraction of sp³-hybridized carbons (Fsp3) is 0.125. The van der Waals surface area contributed by atoms with Crippen LogP contribution in [0.3, 0.4) is 0 Å². The quantitative estimate of drug-likeness (QED) is 0.723. The molecule has 20 heavy (non-hydrogen) atoms. The van der Waals surface area contributed by atoms with E-state index in [1.54, 1.807) is 23.7 Å². The molecule has 2 aromatic heterocycles. The van der Waals surface area contributed by atoms with Crippen LogP contribution in [0.4, 0.5) is 0 Å². The molecule has 0 unspecified atom stereocenters. The van der Waals surface area contributed by atoms with Crippen molar-refractivity contribution in [2.45, 2.75) is 13.5 Å². The second-order valence-corrected chi connectivity index (χ2v) is 5.41. The molecule has 0 aliphatic rings. The molecule has 100 valence electrons. The summed E-state index contributed by atoms with van der Waals surface area (Å²) >= 11 is 1.61. The molecule has 4 heteroatoms. The molecule has 0 aliphatic carbocycles. The van der Waals surface area contributed by atoms with Gasteiger partial charge in [-0.2, -0.15) is 0 Å². The SMILES string of the molecule is Cc1ccc(OCc2nc(-c3ccncc3)cs2)cc1. The highest BCUT2D eigenvalue weighted by Crippen LogP contribution is 2.22. The first-order chi connectivity index (χ1) is 9.81. The second-order valence-electron chi connectivity index (χ2n) is 4.46. The van der Waals surface area contributed by atoms with Crippen molar-refractivity contribution in [1.29, 1.82) is 0 Å². The highest BCUT2D eigenvalue weighted by Gasteiger charge is 2.05. The summed E-state index contributed by atoms with van der Waals surface area (Å²) in [5.74, 6) is 0.872. The van der Waals surface area contributed by atoms with Gasteiger partial charge >= 0.3 is 0 Å². The molecule has 0 saturated carbocycles. The van der Waals surface area contributed by atoms with Crippen molar-refractivity contribution in [3.8, 4) is 17.0 Å². The third-order valence-electron chi connectivity index (χ3n) is 2.91. The average molecular weight is 282 g/mol. The van der Waals surface area contributed by atoms with Crippen LogP contribution in [0.5, 0.6) is 5.75 Å². The second kappa shape index (κ2) is 5.84. The lowest BCUT2D eigenvalue weighted by atomic mass is 10.2. The molecule has 0 radical (unpaired) electrons. The zero-order valence-electron chi connectivity index (χ0n) is 11.1. The van der Waals surface area contributed by atoms with Crippen molar-refractivity contribution in [1.82, 2.24) is 9.97 Å². The number of ether oxygens (including phenoxy) is 1. The highest BCUT2D eigenvalue weighted by atomic mass is 32.1. The molecule has 1 aromatic carbocycles. The fourth-order valence-electron chi connectivity index (χ4n) is 1.81. The van der Waals surface area contributed by atoms with Crippen LogP contribution in [0, 0.1) is 6.92 Å². The van der Waals surface area contributed by atoms with Crippen LogP contribution in [-0.2, 0) is 6.61 Å². The van der Waals surface area contributed by atoms with Crippen molar-refractivity contribution in [2.75, 3.05) is 0 Å². The van der Waals surface area contributed by atoms with E-state index in [1.807, 2.05) is 41.8 Å². The largest absolute Gasteiger partial charge is 0.486 e. The Labute approximate surface area is 121 Å². The van der Waals surface area contributed by atoms with Gasteiger partial charge in [-0.15, -0.1) is 11.3 Å². The van der Waals surface area contributed by atoms with Gasteiger partial charge in [0, 0.05) is 23.3 Å². The number of hydrogen-bond acceptors (Lipinski definition) is 4. The summed E-state index contributed by atoms with van der Waals surface area (Å²) in [6.45, 7) is 2.56. The van der Waals surface area contributed by atoms with Crippen molar-refractivity contribution in [3.05, 3.63) is 64.7 Å². The minimum Gasteiger partial charge on any atom is -0.486 e. The molecule has 3 rings (SSSR count). The summed E-state index contributed by atoms with van der Waals surface area (Å²) in [4.78, 5) is 8.59. The Hall–Kier alpha value is -2.20. The maximum absolute atomic E-state index is 5.73. The molecule has 0 N–H and O–H groups in total. The van der Waals surface area contributed by atoms with Crippen LogP contribution in [0.2, 0.25) is 0 Å². The molecule has 0 amide bonds. The number of thiazole rings is 1. The first kappa shape index (κ1) is 12.8.